The Balaban J connectivity index is 2.00. The lowest BCUT2D eigenvalue weighted by Gasteiger charge is -2.27. The molecule has 1 N–H and O–H groups in total. The summed E-state index contributed by atoms with van der Waals surface area (Å²) in [4.78, 5) is 28.4. The summed E-state index contributed by atoms with van der Waals surface area (Å²) >= 11 is 0. The molecule has 4 rings (SSSR count). The first-order valence-electron chi connectivity index (χ1n) is 11.5. The number of aliphatic hydroxyl groups is 1. The quantitative estimate of drug-likeness (QED) is 0.281. The third-order valence-electron chi connectivity index (χ3n) is 6.38. The van der Waals surface area contributed by atoms with Crippen LogP contribution in [0.4, 0.5) is 5.69 Å². The minimum atomic E-state index is -0.864. The zero-order chi connectivity index (χ0) is 25.3. The molecule has 0 aliphatic carbocycles. The molecule has 0 spiro atoms. The third kappa shape index (κ3) is 4.16. The van der Waals surface area contributed by atoms with Crippen molar-refractivity contribution >= 4 is 23.1 Å². The first-order chi connectivity index (χ1) is 16.8. The number of ether oxygens (including phenoxy) is 2. The van der Waals surface area contributed by atoms with Crippen molar-refractivity contribution in [1.29, 1.82) is 0 Å². The van der Waals surface area contributed by atoms with Crippen molar-refractivity contribution in [3.8, 4) is 11.5 Å². The summed E-state index contributed by atoms with van der Waals surface area (Å²) in [6, 6.07) is 19.0. The van der Waals surface area contributed by atoms with Crippen LogP contribution in [0.15, 0.2) is 72.3 Å². The fourth-order valence-electron chi connectivity index (χ4n) is 4.59. The van der Waals surface area contributed by atoms with E-state index in [0.29, 0.717) is 28.3 Å². The van der Waals surface area contributed by atoms with E-state index in [-0.39, 0.29) is 17.3 Å². The monoisotopic (exact) mass is 471 g/mol. The average Bonchev–Trinajstić information content (AvgIpc) is 3.13. The highest BCUT2D eigenvalue weighted by atomic mass is 16.5. The van der Waals surface area contributed by atoms with Crippen LogP contribution in [0.2, 0.25) is 0 Å². The molecule has 1 aliphatic heterocycles. The van der Waals surface area contributed by atoms with E-state index in [4.69, 9.17) is 9.47 Å². The number of anilines is 1. The van der Waals surface area contributed by atoms with Gasteiger partial charge in [-0.1, -0.05) is 50.2 Å². The lowest BCUT2D eigenvalue weighted by Crippen LogP contribution is -2.30. The lowest BCUT2D eigenvalue weighted by molar-refractivity contribution is -0.132. The molecule has 0 radical (unpaired) electrons. The largest absolute Gasteiger partial charge is 0.507 e. The maximum absolute atomic E-state index is 13.5. The van der Waals surface area contributed by atoms with Gasteiger partial charge in [-0.3, -0.25) is 14.5 Å². The highest BCUT2D eigenvalue weighted by molar-refractivity contribution is 6.51. The van der Waals surface area contributed by atoms with E-state index in [2.05, 4.69) is 0 Å². The number of benzene rings is 3. The number of para-hydroxylation sites is 2. The Morgan fingerprint density at radius 3 is 2.23 bits per heavy atom. The predicted molar refractivity (Wildman–Crippen MR) is 136 cm³/mol. The number of ketones is 1. The third-order valence-corrected chi connectivity index (χ3v) is 6.38. The van der Waals surface area contributed by atoms with Gasteiger partial charge < -0.3 is 14.6 Å². The number of carbonyl (C=O) groups is 2. The van der Waals surface area contributed by atoms with Gasteiger partial charge in [-0.2, -0.15) is 0 Å². The molecular formula is C29H29NO5. The van der Waals surface area contributed by atoms with Gasteiger partial charge in [-0.25, -0.2) is 0 Å². The molecular weight excluding hydrogens is 442 g/mol. The van der Waals surface area contributed by atoms with Crippen molar-refractivity contribution in [2.45, 2.75) is 32.7 Å². The van der Waals surface area contributed by atoms with Crippen LogP contribution in [-0.2, 0) is 9.59 Å². The van der Waals surface area contributed by atoms with Gasteiger partial charge in [0.2, 0.25) is 0 Å². The minimum Gasteiger partial charge on any atom is -0.507 e. The summed E-state index contributed by atoms with van der Waals surface area (Å²) in [5.74, 6) is -0.352. The number of aliphatic hydroxyl groups excluding tert-OH is 1. The van der Waals surface area contributed by atoms with Crippen molar-refractivity contribution in [3.05, 3.63) is 94.6 Å². The summed E-state index contributed by atoms with van der Waals surface area (Å²) < 4.78 is 11.1. The van der Waals surface area contributed by atoms with Crippen molar-refractivity contribution in [1.82, 2.24) is 0 Å². The van der Waals surface area contributed by atoms with E-state index in [1.54, 1.807) is 37.4 Å². The Morgan fingerprint density at radius 2 is 1.57 bits per heavy atom. The molecule has 1 saturated heterocycles. The maximum atomic E-state index is 13.5. The van der Waals surface area contributed by atoms with Crippen molar-refractivity contribution < 1.29 is 24.2 Å². The Labute approximate surface area is 205 Å². The topological polar surface area (TPSA) is 76.1 Å². The van der Waals surface area contributed by atoms with Crippen LogP contribution in [0.1, 0.15) is 48.1 Å². The lowest BCUT2D eigenvalue weighted by atomic mass is 9.92. The summed E-state index contributed by atoms with van der Waals surface area (Å²) in [7, 11) is 3.13. The number of hydrogen-bond donors (Lipinski definition) is 1. The number of aryl methyl sites for hydroxylation is 1. The molecule has 1 amide bonds. The number of carbonyl (C=O) groups excluding carboxylic acids is 2. The molecule has 0 saturated carbocycles. The summed E-state index contributed by atoms with van der Waals surface area (Å²) in [5.41, 5.74) is 3.39. The van der Waals surface area contributed by atoms with Crippen molar-refractivity contribution in [2.24, 2.45) is 0 Å². The number of rotatable bonds is 6. The SMILES string of the molecule is COc1ccc(/C(O)=C2\C(=O)C(=O)N(c3ccccc3C)C2c2ccccc2OC)cc1C(C)C. The molecule has 180 valence electrons. The van der Waals surface area contributed by atoms with E-state index in [0.717, 1.165) is 11.1 Å². The van der Waals surface area contributed by atoms with Crippen LogP contribution in [0.5, 0.6) is 11.5 Å². The van der Waals surface area contributed by atoms with Gasteiger partial charge in [-0.15, -0.1) is 0 Å². The molecule has 1 heterocycles. The average molecular weight is 472 g/mol. The Hall–Kier alpha value is -4.06. The van der Waals surface area contributed by atoms with Gasteiger partial charge >= 0.3 is 0 Å². The Bertz CT molecular complexity index is 1320. The van der Waals surface area contributed by atoms with E-state index in [9.17, 15) is 14.7 Å². The number of hydrogen-bond acceptors (Lipinski definition) is 5. The zero-order valence-corrected chi connectivity index (χ0v) is 20.5. The van der Waals surface area contributed by atoms with Crippen LogP contribution < -0.4 is 14.4 Å². The van der Waals surface area contributed by atoms with E-state index in [1.165, 1.54) is 12.0 Å². The summed E-state index contributed by atoms with van der Waals surface area (Å²) in [5, 5.41) is 11.5. The van der Waals surface area contributed by atoms with Crippen LogP contribution in [0.25, 0.3) is 5.76 Å². The highest BCUT2D eigenvalue weighted by Gasteiger charge is 2.48. The first kappa shape index (κ1) is 24.1. The molecule has 1 fully saturated rings. The number of amides is 1. The normalized spacial score (nSPS) is 17.2. The fourth-order valence-corrected chi connectivity index (χ4v) is 4.59. The van der Waals surface area contributed by atoms with Crippen molar-refractivity contribution in [3.63, 3.8) is 0 Å². The van der Waals surface area contributed by atoms with E-state index >= 15 is 0 Å². The Kier molecular flexibility index (Phi) is 6.65. The van der Waals surface area contributed by atoms with Gasteiger partial charge in [0.25, 0.3) is 11.7 Å². The maximum Gasteiger partial charge on any atom is 0.300 e. The molecule has 1 aliphatic rings. The highest BCUT2D eigenvalue weighted by Crippen LogP contribution is 2.45. The fraction of sp³-hybridized carbons (Fsp3) is 0.241. The second kappa shape index (κ2) is 9.66. The molecule has 35 heavy (non-hydrogen) atoms. The van der Waals surface area contributed by atoms with Gasteiger partial charge in [0.05, 0.1) is 25.8 Å². The standard InChI is InChI=1S/C29H29NO5/c1-17(2)21-16-19(14-15-24(21)35-5)27(31)25-26(20-11-7-9-13-23(20)34-4)30(29(33)28(25)32)22-12-8-6-10-18(22)3/h6-17,26,31H,1-5H3/b27-25+. The molecule has 0 aromatic heterocycles. The van der Waals surface area contributed by atoms with Crippen LogP contribution in [0, 0.1) is 6.92 Å². The van der Waals surface area contributed by atoms with Gasteiger partial charge in [0.1, 0.15) is 17.3 Å². The molecule has 6 heteroatoms. The molecule has 1 atom stereocenters. The first-order valence-corrected chi connectivity index (χ1v) is 11.5. The number of nitrogens with zero attached hydrogens (tertiary/aromatic N) is 1. The number of Topliss-reactive ketones (excluding diaryl/α,β-unsaturated/α-hetero) is 1. The summed E-state index contributed by atoms with van der Waals surface area (Å²) in [6.45, 7) is 5.92. The predicted octanol–water partition coefficient (Wildman–Crippen LogP) is 5.76. The molecule has 3 aromatic carbocycles. The van der Waals surface area contributed by atoms with Gasteiger partial charge in [0.15, 0.2) is 0 Å². The van der Waals surface area contributed by atoms with Gasteiger partial charge in [-0.05, 0) is 54.3 Å². The Morgan fingerprint density at radius 1 is 0.914 bits per heavy atom. The zero-order valence-electron chi connectivity index (χ0n) is 20.5. The molecule has 0 bridgehead atoms. The molecule has 3 aromatic rings. The van der Waals surface area contributed by atoms with E-state index < -0.39 is 17.7 Å². The molecule has 1 unspecified atom stereocenters. The van der Waals surface area contributed by atoms with E-state index in [1.807, 2.05) is 57.2 Å². The molecule has 6 nitrogen and oxygen atoms in total. The van der Waals surface area contributed by atoms with Gasteiger partial charge in [0, 0.05) is 16.8 Å². The second-order valence-electron chi connectivity index (χ2n) is 8.81. The van der Waals surface area contributed by atoms with Crippen molar-refractivity contribution in [2.75, 3.05) is 19.1 Å². The van der Waals surface area contributed by atoms with Crippen LogP contribution >= 0.6 is 0 Å². The van der Waals surface area contributed by atoms with Crippen LogP contribution in [-0.4, -0.2) is 31.0 Å². The minimum absolute atomic E-state index is 0.0163. The smallest absolute Gasteiger partial charge is 0.300 e. The summed E-state index contributed by atoms with van der Waals surface area (Å²) in [6.07, 6.45) is 0. The second-order valence-corrected chi connectivity index (χ2v) is 8.81. The number of methoxy groups -OCH3 is 2. The van der Waals surface area contributed by atoms with Crippen LogP contribution in [0.3, 0.4) is 0 Å².